The third-order valence-corrected chi connectivity index (χ3v) is 5.82. The summed E-state index contributed by atoms with van der Waals surface area (Å²) in [6.07, 6.45) is 3.94. The monoisotopic (exact) mass is 479 g/mol. The van der Waals surface area contributed by atoms with Crippen LogP contribution in [0.3, 0.4) is 0 Å². The van der Waals surface area contributed by atoms with Gasteiger partial charge < -0.3 is 10.7 Å². The molecule has 0 saturated carbocycles. The van der Waals surface area contributed by atoms with Crippen molar-refractivity contribution in [2.45, 2.75) is 19.9 Å². The van der Waals surface area contributed by atoms with Gasteiger partial charge in [0.15, 0.2) is 5.78 Å². The first-order valence-electron chi connectivity index (χ1n) is 10.4. The molecule has 8 heteroatoms. The smallest absolute Gasteiger partial charge is 0.164 e. The lowest BCUT2D eigenvalue weighted by Crippen LogP contribution is -2.26. The highest BCUT2D eigenvalue weighted by Crippen LogP contribution is 2.29. The lowest BCUT2D eigenvalue weighted by atomic mass is 10.1. The number of aromatic nitrogens is 2. The standard InChI is InChI=1S/C25H23Cl2N5O/c1-2-22(33)19-13-16(6-11-20(19)27)14-31(29)15-21(28)25-24(17-7-9-18(26)10-8-17)30-23-5-3-4-12-32(23)25/h3-13,15H,2,14,28-29H2,1H3/b21-15-. The molecule has 0 atom stereocenters. The summed E-state index contributed by atoms with van der Waals surface area (Å²) in [4.78, 5) is 16.9. The largest absolute Gasteiger partial charge is 0.396 e. The van der Waals surface area contributed by atoms with Gasteiger partial charge in [-0.1, -0.05) is 54.4 Å². The van der Waals surface area contributed by atoms with Gasteiger partial charge in [-0.05, 0) is 42.0 Å². The zero-order valence-electron chi connectivity index (χ0n) is 18.0. The van der Waals surface area contributed by atoms with Crippen molar-refractivity contribution >= 4 is 40.3 Å². The second-order valence-corrected chi connectivity index (χ2v) is 8.44. The highest BCUT2D eigenvalue weighted by atomic mass is 35.5. The number of nitrogens with two attached hydrogens (primary N) is 2. The van der Waals surface area contributed by atoms with Gasteiger partial charge in [0.05, 0.1) is 28.7 Å². The number of hydrazine groups is 1. The maximum absolute atomic E-state index is 12.1. The number of hydrogen-bond donors (Lipinski definition) is 2. The molecule has 4 aromatic rings. The molecule has 0 aliphatic heterocycles. The highest BCUT2D eigenvalue weighted by molar-refractivity contribution is 6.34. The van der Waals surface area contributed by atoms with Gasteiger partial charge >= 0.3 is 0 Å². The molecule has 0 fully saturated rings. The van der Waals surface area contributed by atoms with Crippen LogP contribution in [0.15, 0.2) is 73.1 Å². The van der Waals surface area contributed by atoms with Crippen molar-refractivity contribution in [2.24, 2.45) is 11.6 Å². The van der Waals surface area contributed by atoms with E-state index in [1.807, 2.05) is 59.1 Å². The Hall–Kier alpha value is -3.32. The Kier molecular flexibility index (Phi) is 6.70. The first-order chi connectivity index (χ1) is 15.9. The second kappa shape index (κ2) is 9.67. The molecule has 0 radical (unpaired) electrons. The fourth-order valence-electron chi connectivity index (χ4n) is 3.65. The molecular formula is C25H23Cl2N5O. The number of carbonyl (C=O) groups excluding carboxylic acids is 1. The SMILES string of the molecule is CCC(=O)c1cc(CN(N)/C=C(\N)c2c(-c3ccc(Cl)cc3)nc3ccccn23)ccc1Cl. The third kappa shape index (κ3) is 4.88. The van der Waals surface area contributed by atoms with Crippen LogP contribution in [-0.2, 0) is 6.54 Å². The first-order valence-corrected chi connectivity index (χ1v) is 11.2. The molecule has 6 nitrogen and oxygen atoms in total. The van der Waals surface area contributed by atoms with Crippen molar-refractivity contribution < 1.29 is 4.79 Å². The molecule has 2 heterocycles. The molecule has 0 unspecified atom stereocenters. The van der Waals surface area contributed by atoms with Crippen molar-refractivity contribution in [1.29, 1.82) is 0 Å². The highest BCUT2D eigenvalue weighted by Gasteiger charge is 2.17. The molecule has 4 rings (SSSR count). The normalized spacial score (nSPS) is 11.7. The summed E-state index contributed by atoms with van der Waals surface area (Å²) in [6, 6.07) is 18.5. The third-order valence-electron chi connectivity index (χ3n) is 5.24. The minimum atomic E-state index is -0.0150. The molecular weight excluding hydrogens is 457 g/mol. The first kappa shape index (κ1) is 22.9. The zero-order chi connectivity index (χ0) is 23.5. The topological polar surface area (TPSA) is 89.6 Å². The average molecular weight is 480 g/mol. The number of carbonyl (C=O) groups is 1. The van der Waals surface area contributed by atoms with Gasteiger partial charge in [-0.15, -0.1) is 0 Å². The van der Waals surface area contributed by atoms with Crippen molar-refractivity contribution in [1.82, 2.24) is 14.4 Å². The summed E-state index contributed by atoms with van der Waals surface area (Å²) < 4.78 is 1.92. The second-order valence-electron chi connectivity index (χ2n) is 7.59. The Labute approximate surface area is 202 Å². The molecule has 168 valence electrons. The van der Waals surface area contributed by atoms with Crippen LogP contribution in [-0.4, -0.2) is 20.2 Å². The van der Waals surface area contributed by atoms with E-state index in [1.54, 1.807) is 25.3 Å². The number of pyridine rings is 1. The number of benzene rings is 2. The van der Waals surface area contributed by atoms with Crippen molar-refractivity contribution in [2.75, 3.05) is 0 Å². The number of Topliss-reactive ketones (excluding diaryl/α,β-unsaturated/α-hetero) is 1. The van der Waals surface area contributed by atoms with E-state index in [-0.39, 0.29) is 5.78 Å². The van der Waals surface area contributed by atoms with Gasteiger partial charge in [0.25, 0.3) is 0 Å². The molecule has 0 spiro atoms. The molecule has 0 bridgehead atoms. The van der Waals surface area contributed by atoms with Gasteiger partial charge in [0, 0.05) is 35.0 Å². The summed E-state index contributed by atoms with van der Waals surface area (Å²) in [7, 11) is 0. The molecule has 2 aromatic carbocycles. The van der Waals surface area contributed by atoms with Crippen LogP contribution < -0.4 is 11.6 Å². The molecule has 4 N–H and O–H groups in total. The van der Waals surface area contributed by atoms with Crippen molar-refractivity contribution in [3.8, 4) is 11.3 Å². The van der Waals surface area contributed by atoms with E-state index >= 15 is 0 Å². The maximum Gasteiger partial charge on any atom is 0.164 e. The number of rotatable bonds is 7. The van der Waals surface area contributed by atoms with Gasteiger partial charge in [0.2, 0.25) is 0 Å². The van der Waals surface area contributed by atoms with Crippen molar-refractivity contribution in [3.05, 3.63) is 99.9 Å². The predicted octanol–water partition coefficient (Wildman–Crippen LogP) is 5.53. The summed E-state index contributed by atoms with van der Waals surface area (Å²) in [5.74, 6) is 6.26. The van der Waals surface area contributed by atoms with E-state index < -0.39 is 0 Å². The Balaban J connectivity index is 1.69. The Bertz CT molecular complexity index is 1340. The number of fused-ring (bicyclic) bond motifs is 1. The van der Waals surface area contributed by atoms with Crippen LogP contribution in [0, 0.1) is 0 Å². The summed E-state index contributed by atoms with van der Waals surface area (Å²) in [5.41, 5.74) is 11.4. The summed E-state index contributed by atoms with van der Waals surface area (Å²) in [6.45, 7) is 2.15. The van der Waals surface area contributed by atoms with Crippen LogP contribution in [0.2, 0.25) is 10.0 Å². The molecule has 0 aliphatic rings. The van der Waals surface area contributed by atoms with Gasteiger partial charge in [-0.2, -0.15) is 0 Å². The van der Waals surface area contributed by atoms with E-state index in [1.165, 1.54) is 5.01 Å². The molecule has 2 aromatic heterocycles. The molecule has 0 amide bonds. The average Bonchev–Trinajstić information content (AvgIpc) is 3.20. The summed E-state index contributed by atoms with van der Waals surface area (Å²) in [5, 5.41) is 2.55. The number of nitrogens with zero attached hydrogens (tertiary/aromatic N) is 3. The Morgan fingerprint density at radius 3 is 2.61 bits per heavy atom. The minimum Gasteiger partial charge on any atom is -0.396 e. The van der Waals surface area contributed by atoms with E-state index in [4.69, 9.17) is 39.8 Å². The predicted molar refractivity (Wildman–Crippen MR) is 134 cm³/mol. The number of halogens is 2. The van der Waals surface area contributed by atoms with Gasteiger partial charge in [0.1, 0.15) is 5.65 Å². The maximum atomic E-state index is 12.1. The van der Waals surface area contributed by atoms with Crippen LogP contribution in [0.5, 0.6) is 0 Å². The van der Waals surface area contributed by atoms with Gasteiger partial charge in [-0.3, -0.25) is 9.20 Å². The molecule has 0 saturated heterocycles. The number of ketones is 1. The van der Waals surface area contributed by atoms with E-state index in [0.29, 0.717) is 34.3 Å². The Morgan fingerprint density at radius 2 is 1.88 bits per heavy atom. The van der Waals surface area contributed by atoms with Crippen LogP contribution in [0.1, 0.15) is 35.0 Å². The van der Waals surface area contributed by atoms with E-state index in [2.05, 4.69) is 0 Å². The van der Waals surface area contributed by atoms with Crippen molar-refractivity contribution in [3.63, 3.8) is 0 Å². The lowest BCUT2D eigenvalue weighted by Gasteiger charge is -2.16. The van der Waals surface area contributed by atoms with Gasteiger partial charge in [-0.25, -0.2) is 10.8 Å². The minimum absolute atomic E-state index is 0.0150. The number of hydrogen-bond acceptors (Lipinski definition) is 5. The van der Waals surface area contributed by atoms with E-state index in [0.717, 1.165) is 28.2 Å². The summed E-state index contributed by atoms with van der Waals surface area (Å²) >= 11 is 12.2. The lowest BCUT2D eigenvalue weighted by molar-refractivity contribution is 0.0988. The molecule has 33 heavy (non-hydrogen) atoms. The fourth-order valence-corrected chi connectivity index (χ4v) is 4.00. The zero-order valence-corrected chi connectivity index (χ0v) is 19.5. The van der Waals surface area contributed by atoms with Crippen LogP contribution in [0.4, 0.5) is 0 Å². The van der Waals surface area contributed by atoms with E-state index in [9.17, 15) is 4.79 Å². The molecule has 0 aliphatic carbocycles. The van der Waals surface area contributed by atoms with Crippen LogP contribution >= 0.6 is 23.2 Å². The Morgan fingerprint density at radius 1 is 1.12 bits per heavy atom. The number of imidazole rings is 1. The fraction of sp³-hybridized carbons (Fsp3) is 0.120. The quantitative estimate of drug-likeness (QED) is 0.206. The van der Waals surface area contributed by atoms with Crippen LogP contribution in [0.25, 0.3) is 22.6 Å².